The first-order valence-corrected chi connectivity index (χ1v) is 9.84. The molecule has 8 heteroatoms. The van der Waals surface area contributed by atoms with E-state index in [1.54, 1.807) is 46.9 Å². The van der Waals surface area contributed by atoms with E-state index in [9.17, 15) is 20.2 Å². The summed E-state index contributed by atoms with van der Waals surface area (Å²) >= 11 is 3.24. The summed E-state index contributed by atoms with van der Waals surface area (Å²) in [5, 5.41) is 21.6. The molecule has 0 saturated heterocycles. The van der Waals surface area contributed by atoms with Gasteiger partial charge in [0, 0.05) is 43.8 Å². The van der Waals surface area contributed by atoms with Crippen molar-refractivity contribution < 1.29 is 9.85 Å². The first-order valence-electron chi connectivity index (χ1n) is 8.21. The van der Waals surface area contributed by atoms with Crippen LogP contribution in [0.4, 0.5) is 11.4 Å². The number of rotatable bonds is 5. The average molecular weight is 408 g/mol. The molecule has 0 unspecified atom stereocenters. The van der Waals surface area contributed by atoms with Gasteiger partial charge in [0.2, 0.25) is 0 Å². The molecule has 0 saturated carbocycles. The zero-order valence-corrected chi connectivity index (χ0v) is 15.9. The van der Waals surface area contributed by atoms with Crippen LogP contribution in [0.15, 0.2) is 72.8 Å². The highest BCUT2D eigenvalue weighted by molar-refractivity contribution is 7.25. The Balaban J connectivity index is 1.57. The number of nitrogens with zero attached hydrogens (tertiary/aromatic N) is 2. The van der Waals surface area contributed by atoms with Gasteiger partial charge in [-0.2, -0.15) is 0 Å². The number of hydrogen-bond acceptors (Lipinski definition) is 6. The maximum Gasteiger partial charge on any atom is 0.269 e. The van der Waals surface area contributed by atoms with E-state index >= 15 is 0 Å². The normalized spacial score (nSPS) is 10.7. The SMILES string of the molecule is O=[N+]([O-])c1ccc(-c2ccc(-c3ccc(-c4ccc([N+](=O)[O-])cc4)s3)s2)cc1. The minimum absolute atomic E-state index is 0.0755. The number of thiophene rings is 2. The van der Waals surface area contributed by atoms with Crippen LogP contribution < -0.4 is 0 Å². The van der Waals surface area contributed by atoms with Crippen molar-refractivity contribution >= 4 is 34.0 Å². The van der Waals surface area contributed by atoms with Crippen LogP contribution in [0.3, 0.4) is 0 Å². The van der Waals surface area contributed by atoms with Crippen LogP contribution in [-0.2, 0) is 0 Å². The van der Waals surface area contributed by atoms with E-state index in [1.807, 2.05) is 24.3 Å². The molecule has 0 spiro atoms. The fraction of sp³-hybridized carbons (Fsp3) is 0. The van der Waals surface area contributed by atoms with E-state index < -0.39 is 9.85 Å². The van der Waals surface area contributed by atoms with Crippen LogP contribution in [0.25, 0.3) is 30.6 Å². The molecular formula is C20H12N2O4S2. The lowest BCUT2D eigenvalue weighted by Crippen LogP contribution is -1.86. The van der Waals surface area contributed by atoms with Gasteiger partial charge in [0.15, 0.2) is 0 Å². The Morgan fingerprint density at radius 1 is 0.500 bits per heavy atom. The van der Waals surface area contributed by atoms with E-state index in [0.717, 1.165) is 30.6 Å². The van der Waals surface area contributed by atoms with Crippen LogP contribution in [-0.4, -0.2) is 9.85 Å². The van der Waals surface area contributed by atoms with Gasteiger partial charge >= 0.3 is 0 Å². The van der Waals surface area contributed by atoms with Crippen molar-refractivity contribution in [3.05, 3.63) is 93.0 Å². The highest BCUT2D eigenvalue weighted by Gasteiger charge is 2.11. The molecule has 0 fully saturated rings. The summed E-state index contributed by atoms with van der Waals surface area (Å²) in [6.07, 6.45) is 0. The largest absolute Gasteiger partial charge is 0.269 e. The predicted octanol–water partition coefficient (Wildman–Crippen LogP) is 6.63. The van der Waals surface area contributed by atoms with Gasteiger partial charge in [-0.1, -0.05) is 0 Å². The molecule has 2 aromatic heterocycles. The molecule has 4 rings (SSSR count). The topological polar surface area (TPSA) is 86.3 Å². The van der Waals surface area contributed by atoms with Gasteiger partial charge < -0.3 is 0 Å². The monoisotopic (exact) mass is 408 g/mol. The minimum Gasteiger partial charge on any atom is -0.258 e. The first kappa shape index (κ1) is 18.0. The molecular weight excluding hydrogens is 396 g/mol. The molecule has 0 N–H and O–H groups in total. The Kier molecular flexibility index (Phi) is 4.72. The average Bonchev–Trinajstić information content (AvgIpc) is 3.38. The summed E-state index contributed by atoms with van der Waals surface area (Å²) < 4.78 is 0. The number of hydrogen-bond donors (Lipinski definition) is 0. The van der Waals surface area contributed by atoms with Crippen molar-refractivity contribution in [2.75, 3.05) is 0 Å². The van der Waals surface area contributed by atoms with Crippen molar-refractivity contribution in [1.82, 2.24) is 0 Å². The highest BCUT2D eigenvalue weighted by Crippen LogP contribution is 2.40. The van der Waals surface area contributed by atoms with Crippen molar-refractivity contribution in [3.63, 3.8) is 0 Å². The summed E-state index contributed by atoms with van der Waals surface area (Å²) in [5.74, 6) is 0. The van der Waals surface area contributed by atoms with Crippen LogP contribution >= 0.6 is 22.7 Å². The summed E-state index contributed by atoms with van der Waals surface area (Å²) in [4.78, 5) is 25.0. The van der Waals surface area contributed by atoms with E-state index in [-0.39, 0.29) is 11.4 Å². The molecule has 4 aromatic rings. The molecule has 0 aliphatic rings. The lowest BCUT2D eigenvalue weighted by atomic mass is 10.2. The molecule has 138 valence electrons. The smallest absolute Gasteiger partial charge is 0.258 e. The van der Waals surface area contributed by atoms with E-state index in [2.05, 4.69) is 0 Å². The fourth-order valence-corrected chi connectivity index (χ4v) is 4.86. The Morgan fingerprint density at radius 3 is 1.14 bits per heavy atom. The van der Waals surface area contributed by atoms with Gasteiger partial charge in [0.25, 0.3) is 11.4 Å². The summed E-state index contributed by atoms with van der Waals surface area (Å²) in [7, 11) is 0. The minimum atomic E-state index is -0.408. The lowest BCUT2D eigenvalue weighted by Gasteiger charge is -1.97. The molecule has 0 aliphatic heterocycles. The Bertz CT molecular complexity index is 1070. The van der Waals surface area contributed by atoms with E-state index in [0.29, 0.717) is 0 Å². The molecule has 28 heavy (non-hydrogen) atoms. The number of benzene rings is 2. The Morgan fingerprint density at radius 2 is 0.821 bits per heavy atom. The third kappa shape index (κ3) is 3.55. The van der Waals surface area contributed by atoms with Gasteiger partial charge in [0.1, 0.15) is 0 Å². The van der Waals surface area contributed by atoms with Crippen molar-refractivity contribution in [2.24, 2.45) is 0 Å². The second kappa shape index (κ2) is 7.34. The third-order valence-electron chi connectivity index (χ3n) is 4.18. The van der Waals surface area contributed by atoms with Crippen molar-refractivity contribution in [2.45, 2.75) is 0 Å². The molecule has 0 aliphatic carbocycles. The van der Waals surface area contributed by atoms with Crippen LogP contribution in [0.5, 0.6) is 0 Å². The number of nitro benzene ring substituents is 2. The molecule has 0 radical (unpaired) electrons. The van der Waals surface area contributed by atoms with Crippen LogP contribution in [0.2, 0.25) is 0 Å². The van der Waals surface area contributed by atoms with Crippen molar-refractivity contribution in [3.8, 4) is 30.6 Å². The standard InChI is InChI=1S/C20H12N2O4S2/c23-21(24)15-5-1-13(2-6-15)17-9-11-19(27-17)20-12-10-18(28-20)14-3-7-16(8-4-14)22(25)26/h1-12H. The summed E-state index contributed by atoms with van der Waals surface area (Å²) in [5.41, 5.74) is 2.03. The van der Waals surface area contributed by atoms with Gasteiger partial charge in [0.05, 0.1) is 9.85 Å². The van der Waals surface area contributed by atoms with Crippen LogP contribution in [0.1, 0.15) is 0 Å². The highest BCUT2D eigenvalue weighted by atomic mass is 32.1. The maximum atomic E-state index is 10.8. The molecule has 6 nitrogen and oxygen atoms in total. The molecule has 0 bridgehead atoms. The van der Waals surface area contributed by atoms with Crippen molar-refractivity contribution in [1.29, 1.82) is 0 Å². The van der Waals surface area contributed by atoms with Gasteiger partial charge in [-0.15, -0.1) is 22.7 Å². The van der Waals surface area contributed by atoms with E-state index in [4.69, 9.17) is 0 Å². The Hall–Kier alpha value is -3.36. The van der Waals surface area contributed by atoms with Crippen LogP contribution in [0, 0.1) is 20.2 Å². The maximum absolute atomic E-state index is 10.8. The quantitative estimate of drug-likeness (QED) is 0.274. The number of nitro groups is 2. The zero-order valence-electron chi connectivity index (χ0n) is 14.3. The second-order valence-electron chi connectivity index (χ2n) is 5.94. The predicted molar refractivity (Wildman–Crippen MR) is 112 cm³/mol. The number of non-ortho nitro benzene ring substituents is 2. The lowest BCUT2D eigenvalue weighted by molar-refractivity contribution is -0.385. The first-order chi connectivity index (χ1) is 13.5. The Labute approximate surface area is 167 Å². The summed E-state index contributed by atoms with van der Waals surface area (Å²) in [6, 6.07) is 21.1. The molecule has 0 atom stereocenters. The van der Waals surface area contributed by atoms with Gasteiger partial charge in [-0.25, -0.2) is 0 Å². The fourth-order valence-electron chi connectivity index (χ4n) is 2.75. The molecule has 2 aromatic carbocycles. The summed E-state index contributed by atoms with van der Waals surface area (Å²) in [6.45, 7) is 0. The second-order valence-corrected chi connectivity index (χ2v) is 8.10. The van der Waals surface area contributed by atoms with Gasteiger partial charge in [-0.05, 0) is 59.7 Å². The van der Waals surface area contributed by atoms with E-state index in [1.165, 1.54) is 24.3 Å². The molecule has 2 heterocycles. The third-order valence-corrected chi connectivity index (χ3v) is 6.64. The zero-order chi connectivity index (χ0) is 19.7. The molecule has 0 amide bonds. The van der Waals surface area contributed by atoms with Gasteiger partial charge in [-0.3, -0.25) is 20.2 Å².